The lowest BCUT2D eigenvalue weighted by atomic mass is 10.0. The summed E-state index contributed by atoms with van der Waals surface area (Å²) in [5.41, 5.74) is 0.515. The van der Waals surface area contributed by atoms with Crippen LogP contribution in [-0.4, -0.2) is 0 Å². The fourth-order valence-corrected chi connectivity index (χ4v) is 1.42. The second-order valence-electron chi connectivity index (χ2n) is 3.31. The molecule has 0 radical (unpaired) electrons. The Bertz CT molecular complexity index is 297. The summed E-state index contributed by atoms with van der Waals surface area (Å²) in [6.07, 6.45) is 0. The molecule has 0 aliphatic rings. The zero-order valence-electron chi connectivity index (χ0n) is 7.52. The van der Waals surface area contributed by atoms with Gasteiger partial charge in [0.15, 0.2) is 0 Å². The van der Waals surface area contributed by atoms with E-state index in [1.54, 1.807) is 12.1 Å². The third-order valence-electron chi connectivity index (χ3n) is 1.84. The second-order valence-corrected chi connectivity index (χ2v) is 4.22. The zero-order chi connectivity index (χ0) is 10.0. The van der Waals surface area contributed by atoms with Gasteiger partial charge in [-0.3, -0.25) is 0 Å². The molecule has 72 valence electrons. The molecule has 0 aromatic heterocycles. The Morgan fingerprint density at radius 2 is 1.92 bits per heavy atom. The molecule has 1 rings (SSSR count). The van der Waals surface area contributed by atoms with E-state index in [4.69, 9.17) is 23.2 Å². The lowest BCUT2D eigenvalue weighted by Crippen LogP contribution is -2.01. The van der Waals surface area contributed by atoms with Gasteiger partial charge in [0, 0.05) is 10.6 Å². The van der Waals surface area contributed by atoms with Crippen LogP contribution in [0.15, 0.2) is 18.2 Å². The first-order valence-corrected chi connectivity index (χ1v) is 4.93. The predicted molar refractivity (Wildman–Crippen MR) is 54.8 cm³/mol. The highest BCUT2D eigenvalue weighted by Gasteiger charge is 2.16. The summed E-state index contributed by atoms with van der Waals surface area (Å²) in [7, 11) is 0. The molecule has 1 atom stereocenters. The molecule has 0 fully saturated rings. The highest BCUT2D eigenvalue weighted by atomic mass is 35.5. The van der Waals surface area contributed by atoms with Gasteiger partial charge in [0.05, 0.1) is 5.38 Å². The Balaban J connectivity index is 3.01. The van der Waals surface area contributed by atoms with Gasteiger partial charge in [0.25, 0.3) is 0 Å². The van der Waals surface area contributed by atoms with Crippen LogP contribution in [0.1, 0.15) is 24.8 Å². The summed E-state index contributed by atoms with van der Waals surface area (Å²) >= 11 is 11.6. The van der Waals surface area contributed by atoms with E-state index in [0.717, 1.165) is 0 Å². The summed E-state index contributed by atoms with van der Waals surface area (Å²) in [5.74, 6) is -0.126. The fourth-order valence-electron chi connectivity index (χ4n) is 1.08. The highest BCUT2D eigenvalue weighted by Crippen LogP contribution is 2.31. The smallest absolute Gasteiger partial charge is 0.129 e. The fraction of sp³-hybridized carbons (Fsp3) is 0.400. The van der Waals surface area contributed by atoms with E-state index in [-0.39, 0.29) is 17.1 Å². The number of benzene rings is 1. The molecular weight excluding hydrogens is 210 g/mol. The van der Waals surface area contributed by atoms with E-state index >= 15 is 0 Å². The van der Waals surface area contributed by atoms with E-state index in [2.05, 4.69) is 0 Å². The van der Waals surface area contributed by atoms with Crippen LogP contribution in [0.3, 0.4) is 0 Å². The van der Waals surface area contributed by atoms with Crippen LogP contribution < -0.4 is 0 Å². The van der Waals surface area contributed by atoms with Crippen molar-refractivity contribution in [2.45, 2.75) is 19.2 Å². The van der Waals surface area contributed by atoms with Gasteiger partial charge in [-0.15, -0.1) is 11.6 Å². The van der Waals surface area contributed by atoms with E-state index in [1.165, 1.54) is 6.07 Å². The average Bonchev–Trinajstić information content (AvgIpc) is 2.03. The molecule has 0 saturated heterocycles. The van der Waals surface area contributed by atoms with E-state index in [9.17, 15) is 4.39 Å². The molecule has 0 bridgehead atoms. The van der Waals surface area contributed by atoms with Crippen molar-refractivity contribution in [2.75, 3.05) is 0 Å². The third-order valence-corrected chi connectivity index (χ3v) is 2.82. The van der Waals surface area contributed by atoms with Gasteiger partial charge < -0.3 is 0 Å². The van der Waals surface area contributed by atoms with E-state index in [0.29, 0.717) is 10.6 Å². The Morgan fingerprint density at radius 3 is 2.38 bits per heavy atom. The maximum Gasteiger partial charge on any atom is 0.129 e. The minimum absolute atomic E-state index is 0.206. The molecule has 13 heavy (non-hydrogen) atoms. The lowest BCUT2D eigenvalue weighted by molar-refractivity contribution is 0.562. The predicted octanol–water partition coefficient (Wildman–Crippen LogP) is 4.42. The normalized spacial score (nSPS) is 13.4. The van der Waals surface area contributed by atoms with E-state index < -0.39 is 0 Å². The first-order valence-electron chi connectivity index (χ1n) is 4.11. The number of alkyl halides is 1. The molecule has 0 amide bonds. The number of hydrogen-bond acceptors (Lipinski definition) is 0. The largest absolute Gasteiger partial charge is 0.207 e. The van der Waals surface area contributed by atoms with Crippen LogP contribution in [0.5, 0.6) is 0 Å². The Morgan fingerprint density at radius 1 is 1.31 bits per heavy atom. The zero-order valence-corrected chi connectivity index (χ0v) is 9.03. The maximum atomic E-state index is 13.3. The van der Waals surface area contributed by atoms with Crippen LogP contribution >= 0.6 is 23.2 Å². The second kappa shape index (κ2) is 4.30. The third kappa shape index (κ3) is 2.58. The Kier molecular flexibility index (Phi) is 3.57. The minimum atomic E-state index is -0.332. The van der Waals surface area contributed by atoms with Gasteiger partial charge in [-0.2, -0.15) is 0 Å². The summed E-state index contributed by atoms with van der Waals surface area (Å²) in [5, 5.41) is 0.103. The lowest BCUT2D eigenvalue weighted by Gasteiger charge is -2.14. The van der Waals surface area contributed by atoms with Crippen molar-refractivity contribution in [3.8, 4) is 0 Å². The van der Waals surface area contributed by atoms with Crippen LogP contribution in [0.25, 0.3) is 0 Å². The van der Waals surface area contributed by atoms with Crippen molar-refractivity contribution < 1.29 is 4.39 Å². The van der Waals surface area contributed by atoms with Crippen molar-refractivity contribution >= 4 is 23.2 Å². The topological polar surface area (TPSA) is 0 Å². The van der Waals surface area contributed by atoms with Gasteiger partial charge >= 0.3 is 0 Å². The van der Waals surface area contributed by atoms with Crippen LogP contribution in [-0.2, 0) is 0 Å². The van der Waals surface area contributed by atoms with Gasteiger partial charge in [0.2, 0.25) is 0 Å². The molecule has 1 unspecified atom stereocenters. The van der Waals surface area contributed by atoms with E-state index in [1.807, 2.05) is 13.8 Å². The van der Waals surface area contributed by atoms with Gasteiger partial charge in [-0.05, 0) is 18.1 Å². The molecule has 1 aromatic rings. The summed E-state index contributed by atoms with van der Waals surface area (Å²) in [6, 6.07) is 4.57. The highest BCUT2D eigenvalue weighted by molar-refractivity contribution is 6.30. The van der Waals surface area contributed by atoms with Crippen molar-refractivity contribution in [1.82, 2.24) is 0 Å². The Hall–Kier alpha value is -0.270. The molecule has 1 aromatic carbocycles. The monoisotopic (exact) mass is 220 g/mol. The van der Waals surface area contributed by atoms with Gasteiger partial charge in [-0.1, -0.05) is 31.5 Å². The SMILES string of the molecule is CC(C)C(Cl)c1ccc(Cl)cc1F. The van der Waals surface area contributed by atoms with Crippen LogP contribution in [0, 0.1) is 11.7 Å². The van der Waals surface area contributed by atoms with Crippen molar-refractivity contribution in [2.24, 2.45) is 5.92 Å². The van der Waals surface area contributed by atoms with Crippen LogP contribution in [0.2, 0.25) is 5.02 Å². The van der Waals surface area contributed by atoms with Crippen molar-refractivity contribution in [1.29, 1.82) is 0 Å². The average molecular weight is 221 g/mol. The first-order chi connectivity index (χ1) is 6.02. The molecule has 0 aliphatic carbocycles. The number of halogens is 3. The number of hydrogen-bond donors (Lipinski definition) is 0. The molecule has 3 heteroatoms. The van der Waals surface area contributed by atoms with Crippen molar-refractivity contribution in [3.63, 3.8) is 0 Å². The summed E-state index contributed by atoms with van der Waals surface area (Å²) < 4.78 is 13.3. The quantitative estimate of drug-likeness (QED) is 0.648. The molecule has 0 spiro atoms. The minimum Gasteiger partial charge on any atom is -0.207 e. The maximum absolute atomic E-state index is 13.3. The van der Waals surface area contributed by atoms with Gasteiger partial charge in [-0.25, -0.2) is 4.39 Å². The first kappa shape index (κ1) is 10.8. The molecule has 0 saturated carbocycles. The van der Waals surface area contributed by atoms with Gasteiger partial charge in [0.1, 0.15) is 5.82 Å². The molecule has 0 nitrogen and oxygen atoms in total. The molecule has 0 heterocycles. The molecule has 0 N–H and O–H groups in total. The van der Waals surface area contributed by atoms with Crippen molar-refractivity contribution in [3.05, 3.63) is 34.6 Å². The number of rotatable bonds is 2. The van der Waals surface area contributed by atoms with Crippen LogP contribution in [0.4, 0.5) is 4.39 Å². The Labute approximate surface area is 87.7 Å². The standard InChI is InChI=1S/C10H11Cl2F/c1-6(2)10(12)8-4-3-7(11)5-9(8)13/h3-6,10H,1-2H3. The molecule has 0 aliphatic heterocycles. The summed E-state index contributed by atoms with van der Waals surface area (Å²) in [6.45, 7) is 3.90. The molecular formula is C10H11Cl2F. The summed E-state index contributed by atoms with van der Waals surface area (Å²) in [4.78, 5) is 0.